The van der Waals surface area contributed by atoms with Crippen LogP contribution >= 0.6 is 0 Å². The molecule has 1 aromatic rings. The summed E-state index contributed by atoms with van der Waals surface area (Å²) < 4.78 is 5.18. The van der Waals surface area contributed by atoms with Gasteiger partial charge in [-0.25, -0.2) is 0 Å². The van der Waals surface area contributed by atoms with Gasteiger partial charge in [-0.1, -0.05) is 6.07 Å². The van der Waals surface area contributed by atoms with Crippen molar-refractivity contribution >= 4 is 11.8 Å². The molecule has 18 heavy (non-hydrogen) atoms. The van der Waals surface area contributed by atoms with Crippen molar-refractivity contribution in [2.75, 3.05) is 0 Å². The first-order valence-corrected chi connectivity index (χ1v) is 5.60. The van der Waals surface area contributed by atoms with Crippen LogP contribution in [0.15, 0.2) is 24.4 Å². The van der Waals surface area contributed by atoms with Crippen molar-refractivity contribution in [1.82, 2.24) is 4.98 Å². The van der Waals surface area contributed by atoms with Crippen LogP contribution < -0.4 is 0 Å². The molecule has 0 fully saturated rings. The lowest BCUT2D eigenvalue weighted by Crippen LogP contribution is -2.14. The smallest absolute Gasteiger partial charge is 0.313 e. The van der Waals surface area contributed by atoms with Crippen LogP contribution in [-0.2, 0) is 14.3 Å². The van der Waals surface area contributed by atoms with Crippen LogP contribution in [-0.4, -0.2) is 16.7 Å². The number of nitrogens with zero attached hydrogens (tertiary/aromatic N) is 2. The first-order valence-electron chi connectivity index (χ1n) is 5.60. The van der Waals surface area contributed by atoms with Crippen molar-refractivity contribution in [1.29, 1.82) is 5.26 Å². The van der Waals surface area contributed by atoms with Gasteiger partial charge in [0.25, 0.3) is 0 Å². The largest absolute Gasteiger partial charge is 0.455 e. The lowest BCUT2D eigenvalue weighted by atomic mass is 10.1. The maximum atomic E-state index is 11.4. The summed E-state index contributed by atoms with van der Waals surface area (Å²) in [6, 6.07) is 7.25. The van der Waals surface area contributed by atoms with Gasteiger partial charge in [-0.05, 0) is 19.1 Å². The number of rotatable bonds is 6. The van der Waals surface area contributed by atoms with Gasteiger partial charge in [0.15, 0.2) is 0 Å². The molecule has 1 unspecified atom stereocenters. The van der Waals surface area contributed by atoms with Crippen LogP contribution in [0.4, 0.5) is 0 Å². The average Bonchev–Trinajstić information content (AvgIpc) is 2.34. The van der Waals surface area contributed by atoms with Crippen molar-refractivity contribution in [3.63, 3.8) is 0 Å². The second-order valence-electron chi connectivity index (χ2n) is 3.81. The maximum absolute atomic E-state index is 11.4. The van der Waals surface area contributed by atoms with Crippen LogP contribution in [0.5, 0.6) is 0 Å². The van der Waals surface area contributed by atoms with Crippen LogP contribution in [0.3, 0.4) is 0 Å². The minimum atomic E-state index is -0.587. The third-order valence-electron chi connectivity index (χ3n) is 2.20. The summed E-state index contributed by atoms with van der Waals surface area (Å²) >= 11 is 0. The van der Waals surface area contributed by atoms with Crippen molar-refractivity contribution in [3.8, 4) is 6.07 Å². The monoisotopic (exact) mass is 246 g/mol. The Hall–Kier alpha value is -2.22. The third kappa shape index (κ3) is 4.74. The van der Waals surface area contributed by atoms with E-state index in [4.69, 9.17) is 10.00 Å². The lowest BCUT2D eigenvalue weighted by Gasteiger charge is -2.15. The van der Waals surface area contributed by atoms with Crippen molar-refractivity contribution in [2.45, 2.75) is 32.3 Å². The van der Waals surface area contributed by atoms with Gasteiger partial charge in [-0.15, -0.1) is 0 Å². The average molecular weight is 246 g/mol. The molecule has 0 spiro atoms. The van der Waals surface area contributed by atoms with Gasteiger partial charge in [0.2, 0.25) is 0 Å². The van der Waals surface area contributed by atoms with Crippen molar-refractivity contribution < 1.29 is 14.3 Å². The van der Waals surface area contributed by atoms with Gasteiger partial charge >= 0.3 is 5.97 Å². The molecule has 94 valence electrons. The molecule has 5 heteroatoms. The molecule has 0 aromatic carbocycles. The minimum Gasteiger partial charge on any atom is -0.455 e. The highest BCUT2D eigenvalue weighted by Crippen LogP contribution is 2.21. The number of ketones is 1. The Morgan fingerprint density at radius 2 is 2.28 bits per heavy atom. The number of nitriles is 1. The lowest BCUT2D eigenvalue weighted by molar-refractivity contribution is -0.151. The summed E-state index contributed by atoms with van der Waals surface area (Å²) in [6.07, 6.45) is 1.40. The molecule has 1 heterocycles. The molecule has 1 rings (SSSR count). The van der Waals surface area contributed by atoms with Crippen molar-refractivity contribution in [2.24, 2.45) is 0 Å². The van der Waals surface area contributed by atoms with Gasteiger partial charge in [-0.3, -0.25) is 14.6 Å². The van der Waals surface area contributed by atoms with Gasteiger partial charge in [0.05, 0.1) is 11.8 Å². The molecule has 0 aliphatic carbocycles. The number of aromatic nitrogens is 1. The Morgan fingerprint density at radius 1 is 1.50 bits per heavy atom. The number of hydrogen-bond acceptors (Lipinski definition) is 5. The Labute approximate surface area is 105 Å². The summed E-state index contributed by atoms with van der Waals surface area (Å²) in [5, 5.41) is 8.58. The van der Waals surface area contributed by atoms with E-state index in [0.717, 1.165) is 0 Å². The highest BCUT2D eigenvalue weighted by molar-refractivity contribution is 5.94. The van der Waals surface area contributed by atoms with E-state index in [2.05, 4.69) is 4.98 Å². The van der Waals surface area contributed by atoms with Crippen LogP contribution in [0.1, 0.15) is 38.0 Å². The molecule has 0 aliphatic rings. The zero-order chi connectivity index (χ0) is 13.4. The first-order chi connectivity index (χ1) is 8.63. The van der Waals surface area contributed by atoms with Crippen LogP contribution in [0.2, 0.25) is 0 Å². The van der Waals surface area contributed by atoms with E-state index in [-0.39, 0.29) is 18.6 Å². The number of hydrogen-bond donors (Lipinski definition) is 0. The number of carbonyl (C=O) groups is 2. The summed E-state index contributed by atoms with van der Waals surface area (Å²) in [7, 11) is 0. The Kier molecular flexibility index (Phi) is 5.52. The van der Waals surface area contributed by atoms with E-state index in [0.29, 0.717) is 12.1 Å². The zero-order valence-electron chi connectivity index (χ0n) is 10.1. The number of esters is 1. The van der Waals surface area contributed by atoms with E-state index in [1.807, 2.05) is 6.07 Å². The number of carbonyl (C=O) groups excluding carboxylic acids is 2. The molecule has 0 saturated carbocycles. The fraction of sp³-hybridized carbons (Fsp3) is 0.385. The predicted molar refractivity (Wildman–Crippen MR) is 63.2 cm³/mol. The topological polar surface area (TPSA) is 80.0 Å². The number of ether oxygens (including phenoxy) is 1. The molecule has 1 aromatic heterocycles. The SMILES string of the molecule is CC(=O)CC(=O)OC(CCC#N)c1ccccn1. The highest BCUT2D eigenvalue weighted by atomic mass is 16.5. The number of Topliss-reactive ketones (excluding diaryl/α,β-unsaturated/α-hetero) is 1. The standard InChI is InChI=1S/C13H14N2O3/c1-10(16)9-13(17)18-12(6-4-7-14)11-5-2-3-8-15-11/h2-3,5,8,12H,4,6,9H2,1H3. The predicted octanol–water partition coefficient (Wildman–Crippen LogP) is 1.95. The molecule has 0 radical (unpaired) electrons. The fourth-order valence-corrected chi connectivity index (χ4v) is 1.43. The first kappa shape index (κ1) is 13.8. The second kappa shape index (κ2) is 7.17. The summed E-state index contributed by atoms with van der Waals surface area (Å²) in [4.78, 5) is 26.4. The summed E-state index contributed by atoms with van der Waals surface area (Å²) in [6.45, 7) is 1.33. The van der Waals surface area contributed by atoms with Crippen molar-refractivity contribution in [3.05, 3.63) is 30.1 Å². The van der Waals surface area contributed by atoms with Crippen LogP contribution in [0.25, 0.3) is 0 Å². The quantitative estimate of drug-likeness (QED) is 0.566. The normalized spacial score (nSPS) is 11.3. The molecular weight excluding hydrogens is 232 g/mol. The summed E-state index contributed by atoms with van der Waals surface area (Å²) in [5.41, 5.74) is 0.588. The van der Waals surface area contributed by atoms with E-state index >= 15 is 0 Å². The maximum Gasteiger partial charge on any atom is 0.313 e. The third-order valence-corrected chi connectivity index (χ3v) is 2.20. The van der Waals surface area contributed by atoms with Crippen LogP contribution in [0, 0.1) is 11.3 Å². The van der Waals surface area contributed by atoms with E-state index in [1.54, 1.807) is 24.4 Å². The van der Waals surface area contributed by atoms with E-state index in [9.17, 15) is 9.59 Å². The number of pyridine rings is 1. The van der Waals surface area contributed by atoms with E-state index < -0.39 is 12.1 Å². The molecular formula is C13H14N2O3. The highest BCUT2D eigenvalue weighted by Gasteiger charge is 2.18. The Morgan fingerprint density at radius 3 is 2.83 bits per heavy atom. The zero-order valence-corrected chi connectivity index (χ0v) is 10.1. The minimum absolute atomic E-state index is 0.250. The molecule has 0 amide bonds. The molecule has 0 bridgehead atoms. The van der Waals surface area contributed by atoms with Gasteiger partial charge in [-0.2, -0.15) is 5.26 Å². The van der Waals surface area contributed by atoms with Gasteiger partial charge in [0.1, 0.15) is 18.3 Å². The summed E-state index contributed by atoms with van der Waals surface area (Å²) in [5.74, 6) is -0.837. The Bertz CT molecular complexity index is 451. The molecule has 1 atom stereocenters. The van der Waals surface area contributed by atoms with E-state index in [1.165, 1.54) is 6.92 Å². The molecule has 0 aliphatic heterocycles. The molecule has 5 nitrogen and oxygen atoms in total. The molecule has 0 saturated heterocycles. The molecule has 0 N–H and O–H groups in total. The fourth-order valence-electron chi connectivity index (χ4n) is 1.43. The second-order valence-corrected chi connectivity index (χ2v) is 3.81. The Balaban J connectivity index is 2.70. The van der Waals surface area contributed by atoms with Gasteiger partial charge < -0.3 is 4.74 Å². The van der Waals surface area contributed by atoms with Gasteiger partial charge in [0, 0.05) is 19.0 Å².